The first kappa shape index (κ1) is 19.0. The van der Waals surface area contributed by atoms with Gasteiger partial charge in [-0.25, -0.2) is 0 Å². The van der Waals surface area contributed by atoms with E-state index < -0.39 is 19.8 Å². The first-order chi connectivity index (χ1) is 10.7. The monoisotopic (exact) mass is 332 g/mol. The minimum atomic E-state index is -4.31. The molecule has 0 N–H and O–H groups in total. The topological polar surface area (TPSA) is 0 Å². The molecule has 0 saturated heterocycles. The number of rotatable bonds is 3. The normalized spacial score (nSPS) is 10.8. The van der Waals surface area contributed by atoms with Gasteiger partial charge in [-0.05, 0) is 30.7 Å². The van der Waals surface area contributed by atoms with Crippen LogP contribution < -0.4 is 0 Å². The summed E-state index contributed by atoms with van der Waals surface area (Å²) in [4.78, 5) is 0. The van der Waals surface area contributed by atoms with E-state index in [0.29, 0.717) is 5.56 Å². The van der Waals surface area contributed by atoms with E-state index >= 15 is 0 Å². The van der Waals surface area contributed by atoms with Crippen molar-refractivity contribution in [2.24, 2.45) is 0 Å². The van der Waals surface area contributed by atoms with Crippen LogP contribution in [0.2, 0.25) is 19.1 Å². The summed E-state index contributed by atoms with van der Waals surface area (Å²) in [5.41, 5.74) is 3.15. The quantitative estimate of drug-likeness (QED) is 0.410. The summed E-state index contributed by atoms with van der Waals surface area (Å²) in [6.45, 7) is 4.19. The molecule has 0 nitrogen and oxygen atoms in total. The third kappa shape index (κ3) is 7.64. The van der Waals surface area contributed by atoms with Gasteiger partial charge in [0.15, 0.2) is 0 Å². The van der Waals surface area contributed by atoms with E-state index in [2.05, 4.69) is 42.3 Å². The molecule has 0 aliphatic heterocycles. The predicted molar refractivity (Wildman–Crippen MR) is 91.1 cm³/mol. The van der Waals surface area contributed by atoms with Gasteiger partial charge in [0.2, 0.25) is 0 Å². The van der Waals surface area contributed by atoms with Crippen molar-refractivity contribution in [3.8, 4) is 35.6 Å². The van der Waals surface area contributed by atoms with Gasteiger partial charge in [0.25, 0.3) is 0 Å². The molecule has 0 saturated carbocycles. The minimum absolute atomic E-state index is 0.598. The summed E-state index contributed by atoms with van der Waals surface area (Å²) in [5, 5.41) is 0. The Labute approximate surface area is 137 Å². The van der Waals surface area contributed by atoms with Gasteiger partial charge < -0.3 is 0 Å². The maximum absolute atomic E-state index is 12.5. The smallest absolute Gasteiger partial charge is 0.166 e. The first-order valence-electron chi connectivity index (χ1n) is 7.34. The second-order valence-corrected chi connectivity index (χ2v) is 10.2. The van der Waals surface area contributed by atoms with Crippen LogP contribution in [0.3, 0.4) is 0 Å². The first-order valence-corrected chi connectivity index (χ1v) is 10.5. The highest BCUT2D eigenvalue weighted by Crippen LogP contribution is 2.28. The third-order valence-electron chi connectivity index (χ3n) is 3.04. The minimum Gasteiger partial charge on any atom is -0.166 e. The molecular weight excluding hydrogens is 313 g/mol. The average molecular weight is 332 g/mol. The van der Waals surface area contributed by atoms with E-state index in [9.17, 15) is 13.2 Å². The van der Waals surface area contributed by atoms with Gasteiger partial charge in [0.1, 0.15) is 8.07 Å². The van der Waals surface area contributed by atoms with Crippen LogP contribution in [-0.4, -0.2) is 8.07 Å². The van der Waals surface area contributed by atoms with Gasteiger partial charge in [0.05, 0.1) is 5.56 Å². The fraction of sp³-hybridized carbons (Fsp3) is 0.368. The fourth-order valence-electron chi connectivity index (χ4n) is 1.68. The van der Waals surface area contributed by atoms with Crippen LogP contribution in [0, 0.1) is 35.6 Å². The molecule has 0 unspecified atom stereocenters. The van der Waals surface area contributed by atoms with Gasteiger partial charge in [-0.3, -0.25) is 0 Å². The van der Waals surface area contributed by atoms with Crippen LogP contribution >= 0.6 is 0 Å². The maximum Gasteiger partial charge on any atom is 0.416 e. The summed E-state index contributed by atoms with van der Waals surface area (Å²) in [6.07, 6.45) is 3.30. The van der Waals surface area contributed by atoms with E-state index in [0.717, 1.165) is 37.4 Å². The Hall–Kier alpha value is -2.09. The molecule has 4 heteroatoms. The highest BCUT2D eigenvalue weighted by molar-refractivity contribution is 6.85. The number of benzene rings is 1. The van der Waals surface area contributed by atoms with Gasteiger partial charge in [-0.15, -0.1) is 29.7 Å². The zero-order valence-corrected chi connectivity index (χ0v) is 14.3. The zero-order valence-electron chi connectivity index (χ0n) is 13.3. The van der Waals surface area contributed by atoms with Crippen LogP contribution in [0.5, 0.6) is 0 Å². The molecule has 0 spiro atoms. The molecule has 0 aromatic heterocycles. The molecule has 0 bridgehead atoms. The van der Waals surface area contributed by atoms with Crippen molar-refractivity contribution in [2.45, 2.75) is 44.6 Å². The van der Waals surface area contributed by atoms with Crippen molar-refractivity contribution in [1.29, 1.82) is 0 Å². The molecule has 23 heavy (non-hydrogen) atoms. The second kappa shape index (κ2) is 8.52. The molecule has 1 aromatic carbocycles. The number of hydrogen-bond acceptors (Lipinski definition) is 0. The standard InChI is InChI=1S/C19H19F3Si/c1-4-5-6-7-8-9-15-23(2,3)16-14-17-10-12-18(13-11-17)19(20,21)22/h1,10-13H,5-7,15H2,2-3H3. The number of unbranched alkanes of at least 4 members (excludes halogenated alkanes) is 2. The number of halogens is 3. The predicted octanol–water partition coefficient (Wildman–Crippen LogP) is 5.11. The lowest BCUT2D eigenvalue weighted by molar-refractivity contribution is -0.137. The Kier molecular flexibility index (Phi) is 7.02. The summed E-state index contributed by atoms with van der Waals surface area (Å²) >= 11 is 0. The fourth-order valence-corrected chi connectivity index (χ4v) is 2.82. The summed E-state index contributed by atoms with van der Waals surface area (Å²) in [6, 6.07) is 5.68. The summed E-state index contributed by atoms with van der Waals surface area (Å²) in [7, 11) is -1.80. The lowest BCUT2D eigenvalue weighted by Crippen LogP contribution is -2.22. The van der Waals surface area contributed by atoms with Crippen LogP contribution in [-0.2, 0) is 6.18 Å². The van der Waals surface area contributed by atoms with E-state index in [1.54, 1.807) is 0 Å². The van der Waals surface area contributed by atoms with E-state index in [1.807, 2.05) is 0 Å². The molecule has 1 rings (SSSR count). The van der Waals surface area contributed by atoms with E-state index in [-0.39, 0.29) is 0 Å². The highest BCUT2D eigenvalue weighted by atomic mass is 28.3. The molecule has 1 aromatic rings. The van der Waals surface area contributed by atoms with Crippen LogP contribution in [0.25, 0.3) is 0 Å². The van der Waals surface area contributed by atoms with Crippen LogP contribution in [0.1, 0.15) is 30.4 Å². The maximum atomic E-state index is 12.5. The van der Waals surface area contributed by atoms with E-state index in [4.69, 9.17) is 6.42 Å². The van der Waals surface area contributed by atoms with Crippen molar-refractivity contribution in [3.05, 3.63) is 35.4 Å². The molecule has 0 amide bonds. The Morgan fingerprint density at radius 3 is 2.26 bits per heavy atom. The number of terminal acetylenes is 1. The number of hydrogen-bond donors (Lipinski definition) is 0. The van der Waals surface area contributed by atoms with Gasteiger partial charge >= 0.3 is 6.18 Å². The van der Waals surface area contributed by atoms with Gasteiger partial charge in [0, 0.05) is 24.4 Å². The number of alkyl halides is 3. The molecule has 0 radical (unpaired) electrons. The zero-order chi connectivity index (χ0) is 17.3. The Morgan fingerprint density at radius 2 is 1.70 bits per heavy atom. The molecule has 0 atom stereocenters. The summed E-state index contributed by atoms with van der Waals surface area (Å²) < 4.78 is 37.5. The molecular formula is C19H19F3Si. The van der Waals surface area contributed by atoms with Gasteiger partial charge in [-0.2, -0.15) is 13.2 Å². The van der Waals surface area contributed by atoms with Crippen molar-refractivity contribution in [2.75, 3.05) is 0 Å². The molecule has 0 aliphatic carbocycles. The SMILES string of the molecule is C#CCCCC#CC[Si](C)(C)C#Cc1ccc(C(F)(F)F)cc1. The lowest BCUT2D eigenvalue weighted by Gasteiger charge is -2.09. The van der Waals surface area contributed by atoms with Crippen molar-refractivity contribution >= 4 is 8.07 Å². The van der Waals surface area contributed by atoms with Gasteiger partial charge in [-0.1, -0.05) is 19.0 Å². The molecule has 120 valence electrons. The highest BCUT2D eigenvalue weighted by Gasteiger charge is 2.29. The average Bonchev–Trinajstić information content (AvgIpc) is 2.48. The van der Waals surface area contributed by atoms with Crippen LogP contribution in [0.4, 0.5) is 13.2 Å². The van der Waals surface area contributed by atoms with Crippen molar-refractivity contribution < 1.29 is 13.2 Å². The van der Waals surface area contributed by atoms with Crippen molar-refractivity contribution in [1.82, 2.24) is 0 Å². The Morgan fingerprint density at radius 1 is 1.04 bits per heavy atom. The Balaban J connectivity index is 2.64. The Bertz CT molecular complexity index is 668. The largest absolute Gasteiger partial charge is 0.416 e. The lowest BCUT2D eigenvalue weighted by atomic mass is 10.1. The van der Waals surface area contributed by atoms with E-state index in [1.165, 1.54) is 12.1 Å². The third-order valence-corrected chi connectivity index (χ3v) is 4.90. The molecule has 0 fully saturated rings. The molecule has 0 heterocycles. The summed E-state index contributed by atoms with van der Waals surface area (Å²) in [5.74, 6) is 11.8. The van der Waals surface area contributed by atoms with Crippen LogP contribution in [0.15, 0.2) is 24.3 Å². The second-order valence-electron chi connectivity index (χ2n) is 5.80. The molecule has 0 aliphatic rings. The van der Waals surface area contributed by atoms with Crippen molar-refractivity contribution in [3.63, 3.8) is 0 Å².